The van der Waals surface area contributed by atoms with Crippen molar-refractivity contribution >= 4 is 16.9 Å². The van der Waals surface area contributed by atoms with Crippen LogP contribution in [0.15, 0.2) is 29.3 Å². The van der Waals surface area contributed by atoms with E-state index in [0.29, 0.717) is 30.6 Å². The summed E-state index contributed by atoms with van der Waals surface area (Å²) in [5.41, 5.74) is 5.82. The van der Waals surface area contributed by atoms with E-state index in [1.54, 1.807) is 12.1 Å². The molecule has 1 saturated heterocycles. The number of halogens is 1. The van der Waals surface area contributed by atoms with Gasteiger partial charge in [0.05, 0.1) is 19.3 Å². The van der Waals surface area contributed by atoms with E-state index in [2.05, 4.69) is 4.99 Å². The largest absolute Gasteiger partial charge is 0.379 e. The fourth-order valence-electron chi connectivity index (χ4n) is 3.22. The number of rotatable bonds is 4. The Bertz CT molecular complexity index is 569. The predicted molar refractivity (Wildman–Crippen MR) is 86.5 cm³/mol. The van der Waals surface area contributed by atoms with Crippen LogP contribution in [0.3, 0.4) is 0 Å². The van der Waals surface area contributed by atoms with Gasteiger partial charge in [-0.1, -0.05) is 30.0 Å². The van der Waals surface area contributed by atoms with Gasteiger partial charge in [0, 0.05) is 23.8 Å². The lowest BCUT2D eigenvalue weighted by molar-refractivity contribution is -0.0888. The Morgan fingerprint density at radius 1 is 1.50 bits per heavy atom. The second kappa shape index (κ2) is 6.56. The number of thioether (sulfide) groups is 1. The molecule has 6 heteroatoms. The molecule has 3 atom stereocenters. The van der Waals surface area contributed by atoms with E-state index in [1.165, 1.54) is 17.8 Å². The lowest BCUT2D eigenvalue weighted by Gasteiger charge is -2.46. The molecule has 3 rings (SSSR count). The molecule has 2 N–H and O–H groups in total. The van der Waals surface area contributed by atoms with Crippen molar-refractivity contribution in [1.29, 1.82) is 0 Å². The number of nitrogens with two attached hydrogens (primary N) is 1. The van der Waals surface area contributed by atoms with Crippen molar-refractivity contribution in [2.75, 3.05) is 25.6 Å². The van der Waals surface area contributed by atoms with Crippen LogP contribution in [0.2, 0.25) is 0 Å². The summed E-state index contributed by atoms with van der Waals surface area (Å²) in [6.45, 7) is 3.55. The molecule has 1 aromatic rings. The zero-order chi connectivity index (χ0) is 15.6. The average molecular weight is 324 g/mol. The smallest absolute Gasteiger partial charge is 0.154 e. The monoisotopic (exact) mass is 324 g/mol. The van der Waals surface area contributed by atoms with Crippen molar-refractivity contribution in [3.05, 3.63) is 35.6 Å². The van der Waals surface area contributed by atoms with Gasteiger partial charge in [-0.2, -0.15) is 0 Å². The number of fused-ring (bicyclic) bond motifs is 1. The highest BCUT2D eigenvalue weighted by molar-refractivity contribution is 8.13. The van der Waals surface area contributed by atoms with E-state index in [1.807, 2.05) is 13.0 Å². The maximum absolute atomic E-state index is 14.4. The van der Waals surface area contributed by atoms with Gasteiger partial charge in [0.15, 0.2) is 5.17 Å². The van der Waals surface area contributed by atoms with Gasteiger partial charge in [-0.15, -0.1) is 0 Å². The van der Waals surface area contributed by atoms with Crippen LogP contribution >= 0.6 is 11.8 Å². The van der Waals surface area contributed by atoms with Crippen LogP contribution in [0, 0.1) is 11.7 Å². The molecule has 0 amide bonds. The molecular formula is C16H21FN2O2S. The summed E-state index contributed by atoms with van der Waals surface area (Å²) in [7, 11) is 0. The van der Waals surface area contributed by atoms with Crippen LogP contribution in [-0.4, -0.2) is 36.8 Å². The first kappa shape index (κ1) is 15.8. The van der Waals surface area contributed by atoms with Crippen LogP contribution in [0.4, 0.5) is 4.39 Å². The summed E-state index contributed by atoms with van der Waals surface area (Å²) in [5.74, 6) is 0.777. The molecule has 120 valence electrons. The molecular weight excluding hydrogens is 303 g/mol. The van der Waals surface area contributed by atoms with Crippen LogP contribution in [0.25, 0.3) is 0 Å². The molecule has 22 heavy (non-hydrogen) atoms. The maximum atomic E-state index is 14.4. The summed E-state index contributed by atoms with van der Waals surface area (Å²) in [5, 5.41) is 0.506. The molecule has 0 aliphatic carbocycles. The molecule has 0 saturated carbocycles. The third-order valence-electron chi connectivity index (χ3n) is 4.35. The number of hydrogen-bond acceptors (Lipinski definition) is 5. The minimum atomic E-state index is -0.705. The molecule has 0 spiro atoms. The van der Waals surface area contributed by atoms with Crippen LogP contribution < -0.4 is 5.73 Å². The molecule has 3 unspecified atom stereocenters. The quantitative estimate of drug-likeness (QED) is 0.925. The van der Waals surface area contributed by atoms with Gasteiger partial charge >= 0.3 is 0 Å². The van der Waals surface area contributed by atoms with E-state index in [4.69, 9.17) is 15.2 Å². The summed E-state index contributed by atoms with van der Waals surface area (Å²) in [6, 6.07) is 6.79. The minimum Gasteiger partial charge on any atom is -0.379 e. The number of aliphatic imine (C=N–C) groups is 1. The van der Waals surface area contributed by atoms with E-state index < -0.39 is 5.54 Å². The number of hydrogen-bond donors (Lipinski definition) is 1. The van der Waals surface area contributed by atoms with E-state index in [0.717, 1.165) is 12.2 Å². The second-order valence-corrected chi connectivity index (χ2v) is 6.73. The lowest BCUT2D eigenvalue weighted by Crippen LogP contribution is -2.51. The second-order valence-electron chi connectivity index (χ2n) is 5.69. The molecule has 0 radical (unpaired) electrons. The molecule has 2 heterocycles. The molecule has 2 aliphatic heterocycles. The highest BCUT2D eigenvalue weighted by Crippen LogP contribution is 2.46. The van der Waals surface area contributed by atoms with Crippen LogP contribution in [0.1, 0.15) is 18.9 Å². The zero-order valence-electron chi connectivity index (χ0n) is 12.6. The summed E-state index contributed by atoms with van der Waals surface area (Å²) >= 11 is 1.54. The topological polar surface area (TPSA) is 56.8 Å². The number of amidine groups is 1. The predicted octanol–water partition coefficient (Wildman–Crippen LogP) is 2.52. The standard InChI is InChI=1S/C16H21FN2O2S/c1-2-20-8-12-7-11-9-22-15(18)19-16(11,10-21-12)13-5-3-4-6-14(13)17/h3-6,11-12H,2,7-10H2,1H3,(H2,18,19). The molecule has 1 aromatic carbocycles. The molecule has 4 nitrogen and oxygen atoms in total. The van der Waals surface area contributed by atoms with Gasteiger partial charge in [-0.05, 0) is 19.4 Å². The number of ether oxygens (including phenoxy) is 2. The van der Waals surface area contributed by atoms with Crippen molar-refractivity contribution in [3.63, 3.8) is 0 Å². The Morgan fingerprint density at radius 3 is 3.09 bits per heavy atom. The van der Waals surface area contributed by atoms with E-state index in [-0.39, 0.29) is 17.8 Å². The lowest BCUT2D eigenvalue weighted by atomic mass is 9.75. The summed E-state index contributed by atoms with van der Waals surface area (Å²) < 4.78 is 25.8. The average Bonchev–Trinajstić information content (AvgIpc) is 2.53. The number of benzene rings is 1. The minimum absolute atomic E-state index is 0.0416. The van der Waals surface area contributed by atoms with Gasteiger partial charge in [-0.3, -0.25) is 0 Å². The summed E-state index contributed by atoms with van der Waals surface area (Å²) in [4.78, 5) is 4.63. The first-order valence-electron chi connectivity index (χ1n) is 7.58. The SMILES string of the molecule is CCOCC1CC2CSC(N)=NC2(c2ccccc2F)CO1. The first-order chi connectivity index (χ1) is 10.7. The molecule has 0 aromatic heterocycles. The Labute approximate surface area is 134 Å². The van der Waals surface area contributed by atoms with Gasteiger partial charge in [0.1, 0.15) is 11.4 Å². The van der Waals surface area contributed by atoms with Gasteiger partial charge in [-0.25, -0.2) is 9.38 Å². The molecule has 2 aliphatic rings. The highest BCUT2D eigenvalue weighted by atomic mass is 32.2. The number of nitrogens with zero attached hydrogens (tertiary/aromatic N) is 1. The third kappa shape index (κ3) is 2.87. The highest BCUT2D eigenvalue weighted by Gasteiger charge is 2.49. The van der Waals surface area contributed by atoms with Crippen LogP contribution in [-0.2, 0) is 15.0 Å². The normalized spacial score (nSPS) is 31.5. The third-order valence-corrected chi connectivity index (χ3v) is 5.31. The van der Waals surface area contributed by atoms with E-state index >= 15 is 0 Å². The van der Waals surface area contributed by atoms with Crippen molar-refractivity contribution in [2.24, 2.45) is 16.6 Å². The van der Waals surface area contributed by atoms with Gasteiger partial charge in [0.2, 0.25) is 0 Å². The van der Waals surface area contributed by atoms with Crippen molar-refractivity contribution < 1.29 is 13.9 Å². The Hall–Kier alpha value is -1.11. The fourth-order valence-corrected chi connectivity index (χ4v) is 4.23. The van der Waals surface area contributed by atoms with Crippen LogP contribution in [0.5, 0.6) is 0 Å². The maximum Gasteiger partial charge on any atom is 0.154 e. The Morgan fingerprint density at radius 2 is 2.32 bits per heavy atom. The molecule has 1 fully saturated rings. The van der Waals surface area contributed by atoms with Crippen molar-refractivity contribution in [1.82, 2.24) is 0 Å². The Kier molecular flexibility index (Phi) is 4.70. The van der Waals surface area contributed by atoms with Gasteiger partial charge < -0.3 is 15.2 Å². The van der Waals surface area contributed by atoms with Crippen molar-refractivity contribution in [3.8, 4) is 0 Å². The van der Waals surface area contributed by atoms with E-state index in [9.17, 15) is 4.39 Å². The summed E-state index contributed by atoms with van der Waals surface area (Å²) in [6.07, 6.45) is 0.845. The zero-order valence-corrected chi connectivity index (χ0v) is 13.4. The first-order valence-corrected chi connectivity index (χ1v) is 8.56. The fraction of sp³-hybridized carbons (Fsp3) is 0.562. The van der Waals surface area contributed by atoms with Gasteiger partial charge in [0.25, 0.3) is 0 Å². The molecule has 0 bridgehead atoms. The Balaban J connectivity index is 1.92. The van der Waals surface area contributed by atoms with Crippen molar-refractivity contribution in [2.45, 2.75) is 25.0 Å².